The predicted molar refractivity (Wildman–Crippen MR) is 80.5 cm³/mol. The third kappa shape index (κ3) is 3.19. The molecule has 2 rings (SSSR count). The van der Waals surface area contributed by atoms with Gasteiger partial charge in [0.05, 0.1) is 0 Å². The van der Waals surface area contributed by atoms with E-state index in [2.05, 4.69) is 10.1 Å². The lowest BCUT2D eigenvalue weighted by Crippen LogP contribution is -2.29. The molecule has 0 fully saturated rings. The Labute approximate surface area is 122 Å². The van der Waals surface area contributed by atoms with E-state index in [0.717, 1.165) is 5.56 Å². The van der Waals surface area contributed by atoms with Crippen molar-refractivity contribution in [1.29, 1.82) is 0 Å². The molecular weight excluding hydrogens is 270 g/mol. The van der Waals surface area contributed by atoms with Crippen LogP contribution in [0.4, 0.5) is 5.82 Å². The normalized spacial score (nSPS) is 11.4. The van der Waals surface area contributed by atoms with Crippen molar-refractivity contribution in [3.63, 3.8) is 0 Å². The van der Waals surface area contributed by atoms with Gasteiger partial charge in [0, 0.05) is 38.6 Å². The summed E-state index contributed by atoms with van der Waals surface area (Å²) in [6.07, 6.45) is 3.19. The molecule has 0 unspecified atom stereocenters. The van der Waals surface area contributed by atoms with Crippen LogP contribution < -0.4 is 16.2 Å². The van der Waals surface area contributed by atoms with Crippen LogP contribution in [0, 0.1) is 0 Å². The molecule has 0 bridgehead atoms. The molecular formula is C14H17N5O2. The van der Waals surface area contributed by atoms with Crippen LogP contribution in [-0.2, 0) is 13.6 Å². The predicted octanol–water partition coefficient (Wildman–Crippen LogP) is 0.511. The van der Waals surface area contributed by atoms with Crippen molar-refractivity contribution in [3.8, 4) is 0 Å². The summed E-state index contributed by atoms with van der Waals surface area (Å²) in [5, 5.41) is 11.7. The second-order valence-electron chi connectivity index (χ2n) is 4.71. The summed E-state index contributed by atoms with van der Waals surface area (Å²) >= 11 is 0. The van der Waals surface area contributed by atoms with Gasteiger partial charge in [-0.1, -0.05) is 23.4 Å². The molecule has 0 saturated heterocycles. The van der Waals surface area contributed by atoms with Gasteiger partial charge < -0.3 is 20.4 Å². The summed E-state index contributed by atoms with van der Waals surface area (Å²) in [4.78, 5) is 17.9. The first-order chi connectivity index (χ1) is 10.0. The van der Waals surface area contributed by atoms with Crippen molar-refractivity contribution in [1.82, 2.24) is 9.55 Å². The molecule has 1 aromatic carbocycles. The van der Waals surface area contributed by atoms with Crippen LogP contribution in [0.5, 0.6) is 0 Å². The molecule has 0 spiro atoms. The first-order valence-corrected chi connectivity index (χ1v) is 6.32. The van der Waals surface area contributed by atoms with E-state index in [1.54, 1.807) is 43.5 Å². The minimum absolute atomic E-state index is 0.0493. The second kappa shape index (κ2) is 6.08. The maximum absolute atomic E-state index is 12.0. The van der Waals surface area contributed by atoms with E-state index in [9.17, 15) is 4.79 Å². The largest absolute Gasteiger partial charge is 0.409 e. The highest BCUT2D eigenvalue weighted by Gasteiger charge is 2.10. The number of nitrogens with zero attached hydrogens (tertiary/aromatic N) is 4. The topological polar surface area (TPSA) is 96.7 Å². The lowest BCUT2D eigenvalue weighted by atomic mass is 10.1. The number of oxime groups is 1. The number of aromatic nitrogens is 2. The average Bonchev–Trinajstić information content (AvgIpc) is 2.49. The fourth-order valence-corrected chi connectivity index (χ4v) is 1.98. The highest BCUT2D eigenvalue weighted by Crippen LogP contribution is 2.10. The van der Waals surface area contributed by atoms with E-state index in [0.29, 0.717) is 17.9 Å². The number of nitrogens with two attached hydrogens (primary N) is 1. The van der Waals surface area contributed by atoms with Gasteiger partial charge in [-0.05, 0) is 11.6 Å². The van der Waals surface area contributed by atoms with Gasteiger partial charge in [0.25, 0.3) is 5.56 Å². The second-order valence-corrected chi connectivity index (χ2v) is 4.71. The molecule has 1 aromatic heterocycles. The molecule has 0 aliphatic rings. The quantitative estimate of drug-likeness (QED) is 0.370. The standard InChI is InChI=1S/C14H17N5O2/c1-18-7-6-16-13(14(18)20)19(2)9-10-4-3-5-11(8-10)12(15)17-21/h3-8,21H,9H2,1-2H3,(H2,15,17). The highest BCUT2D eigenvalue weighted by molar-refractivity contribution is 5.97. The highest BCUT2D eigenvalue weighted by atomic mass is 16.4. The van der Waals surface area contributed by atoms with Gasteiger partial charge in [-0.2, -0.15) is 0 Å². The molecule has 7 heteroatoms. The van der Waals surface area contributed by atoms with E-state index in [4.69, 9.17) is 10.9 Å². The van der Waals surface area contributed by atoms with Crippen LogP contribution in [0.25, 0.3) is 0 Å². The summed E-state index contributed by atoms with van der Waals surface area (Å²) in [6.45, 7) is 0.485. The van der Waals surface area contributed by atoms with Crippen molar-refractivity contribution in [2.24, 2.45) is 17.9 Å². The Kier molecular flexibility index (Phi) is 4.22. The summed E-state index contributed by atoms with van der Waals surface area (Å²) in [5.74, 6) is 0.419. The molecule has 0 saturated carbocycles. The molecule has 110 valence electrons. The molecule has 0 aliphatic heterocycles. The van der Waals surface area contributed by atoms with Gasteiger partial charge in [0.2, 0.25) is 0 Å². The zero-order chi connectivity index (χ0) is 15.4. The van der Waals surface area contributed by atoms with E-state index in [1.165, 1.54) is 4.57 Å². The van der Waals surface area contributed by atoms with Crippen molar-refractivity contribution < 1.29 is 5.21 Å². The van der Waals surface area contributed by atoms with Crippen LogP contribution >= 0.6 is 0 Å². The summed E-state index contributed by atoms with van der Waals surface area (Å²) in [6, 6.07) is 7.27. The molecule has 0 amide bonds. The fourth-order valence-electron chi connectivity index (χ4n) is 1.98. The van der Waals surface area contributed by atoms with E-state index in [-0.39, 0.29) is 11.4 Å². The first kappa shape index (κ1) is 14.6. The first-order valence-electron chi connectivity index (χ1n) is 6.32. The van der Waals surface area contributed by atoms with Gasteiger partial charge >= 0.3 is 0 Å². The zero-order valence-electron chi connectivity index (χ0n) is 11.9. The minimum Gasteiger partial charge on any atom is -0.409 e. The van der Waals surface area contributed by atoms with Gasteiger partial charge in [-0.3, -0.25) is 4.79 Å². The summed E-state index contributed by atoms with van der Waals surface area (Å²) in [7, 11) is 3.47. The Balaban J connectivity index is 2.26. The van der Waals surface area contributed by atoms with Crippen LogP contribution in [0.3, 0.4) is 0 Å². The van der Waals surface area contributed by atoms with Crippen molar-refractivity contribution >= 4 is 11.7 Å². The molecule has 7 nitrogen and oxygen atoms in total. The summed E-state index contributed by atoms with van der Waals surface area (Å²) < 4.78 is 1.48. The molecule has 0 atom stereocenters. The Hall–Kier alpha value is -2.83. The lowest BCUT2D eigenvalue weighted by Gasteiger charge is -2.18. The molecule has 3 N–H and O–H groups in total. The lowest BCUT2D eigenvalue weighted by molar-refractivity contribution is 0.318. The molecule has 1 heterocycles. The maximum Gasteiger partial charge on any atom is 0.293 e. The van der Waals surface area contributed by atoms with Crippen LogP contribution in [0.15, 0.2) is 46.6 Å². The monoisotopic (exact) mass is 287 g/mol. The van der Waals surface area contributed by atoms with Gasteiger partial charge in [-0.25, -0.2) is 4.98 Å². The smallest absolute Gasteiger partial charge is 0.293 e. The van der Waals surface area contributed by atoms with Crippen LogP contribution in [0.2, 0.25) is 0 Å². The van der Waals surface area contributed by atoms with Crippen molar-refractivity contribution in [2.75, 3.05) is 11.9 Å². The number of hydrogen-bond donors (Lipinski definition) is 2. The van der Waals surface area contributed by atoms with E-state index >= 15 is 0 Å². The number of aryl methyl sites for hydroxylation is 1. The molecule has 0 aliphatic carbocycles. The Morgan fingerprint density at radius 3 is 3.00 bits per heavy atom. The maximum atomic E-state index is 12.0. The van der Waals surface area contributed by atoms with Gasteiger partial charge in [0.1, 0.15) is 0 Å². The Morgan fingerprint density at radius 1 is 1.52 bits per heavy atom. The van der Waals surface area contributed by atoms with Gasteiger partial charge in [-0.15, -0.1) is 0 Å². The van der Waals surface area contributed by atoms with E-state index < -0.39 is 0 Å². The number of benzene rings is 1. The summed E-state index contributed by atoms with van der Waals surface area (Å²) in [5.41, 5.74) is 6.96. The van der Waals surface area contributed by atoms with Crippen molar-refractivity contribution in [2.45, 2.75) is 6.54 Å². The van der Waals surface area contributed by atoms with Crippen LogP contribution in [-0.4, -0.2) is 27.6 Å². The average molecular weight is 287 g/mol. The fraction of sp³-hybridized carbons (Fsp3) is 0.214. The molecule has 21 heavy (non-hydrogen) atoms. The van der Waals surface area contributed by atoms with Crippen LogP contribution in [0.1, 0.15) is 11.1 Å². The molecule has 0 radical (unpaired) electrons. The number of rotatable bonds is 4. The van der Waals surface area contributed by atoms with Gasteiger partial charge in [0.15, 0.2) is 11.7 Å². The van der Waals surface area contributed by atoms with Crippen molar-refractivity contribution in [3.05, 3.63) is 58.1 Å². The third-order valence-electron chi connectivity index (χ3n) is 3.11. The Bertz CT molecular complexity index is 723. The zero-order valence-corrected chi connectivity index (χ0v) is 11.9. The third-order valence-corrected chi connectivity index (χ3v) is 3.11. The number of anilines is 1. The molecule has 2 aromatic rings. The SMILES string of the molecule is CN(Cc1cccc(C(N)=NO)c1)c1nccn(C)c1=O. The minimum atomic E-state index is -0.160. The number of amidine groups is 1. The number of hydrogen-bond acceptors (Lipinski definition) is 5. The van der Waals surface area contributed by atoms with E-state index in [1.807, 2.05) is 12.1 Å². The Morgan fingerprint density at radius 2 is 2.29 bits per heavy atom.